The molecule has 0 N–H and O–H groups in total. The van der Waals surface area contributed by atoms with Gasteiger partial charge in [-0.25, -0.2) is 0 Å². The van der Waals surface area contributed by atoms with Crippen LogP contribution in [0.15, 0.2) is 22.7 Å². The van der Waals surface area contributed by atoms with Gasteiger partial charge in [0.05, 0.1) is 6.54 Å². The molecule has 0 bridgehead atoms. The predicted molar refractivity (Wildman–Crippen MR) is 76.3 cm³/mol. The molecule has 0 aliphatic heterocycles. The van der Waals surface area contributed by atoms with E-state index in [4.69, 9.17) is 6.42 Å². The van der Waals surface area contributed by atoms with Crippen molar-refractivity contribution >= 4 is 21.8 Å². The molecule has 2 nitrogen and oxygen atoms in total. The molecule has 94 valence electrons. The van der Waals surface area contributed by atoms with Crippen LogP contribution in [0.2, 0.25) is 0 Å². The zero-order valence-corrected chi connectivity index (χ0v) is 12.0. The van der Waals surface area contributed by atoms with Gasteiger partial charge < -0.3 is 4.90 Å². The van der Waals surface area contributed by atoms with Crippen LogP contribution in [0.3, 0.4) is 0 Å². The van der Waals surface area contributed by atoms with Gasteiger partial charge in [-0.3, -0.25) is 4.79 Å². The molecule has 1 amide bonds. The SMILES string of the molecule is C#CCN(CC1CC1)C(=O)c1ccc(C)c(Br)c1. The smallest absolute Gasteiger partial charge is 0.254 e. The number of terminal acetylenes is 1. The van der Waals surface area contributed by atoms with Crippen LogP contribution in [0.5, 0.6) is 0 Å². The molecule has 1 aromatic rings. The van der Waals surface area contributed by atoms with E-state index in [1.807, 2.05) is 25.1 Å². The van der Waals surface area contributed by atoms with E-state index in [1.54, 1.807) is 4.90 Å². The van der Waals surface area contributed by atoms with Crippen LogP contribution < -0.4 is 0 Å². The monoisotopic (exact) mass is 305 g/mol. The van der Waals surface area contributed by atoms with Crippen molar-refractivity contribution in [3.8, 4) is 12.3 Å². The number of benzene rings is 1. The molecular weight excluding hydrogens is 290 g/mol. The molecule has 18 heavy (non-hydrogen) atoms. The topological polar surface area (TPSA) is 20.3 Å². The Bertz CT molecular complexity index is 500. The highest BCUT2D eigenvalue weighted by atomic mass is 79.9. The summed E-state index contributed by atoms with van der Waals surface area (Å²) in [5.41, 5.74) is 1.82. The van der Waals surface area contributed by atoms with Gasteiger partial charge in [-0.15, -0.1) is 6.42 Å². The summed E-state index contributed by atoms with van der Waals surface area (Å²) >= 11 is 3.45. The quantitative estimate of drug-likeness (QED) is 0.782. The lowest BCUT2D eigenvalue weighted by Crippen LogP contribution is -2.33. The lowest BCUT2D eigenvalue weighted by molar-refractivity contribution is 0.0769. The minimum Gasteiger partial charge on any atom is -0.327 e. The normalized spacial score (nSPS) is 14.1. The lowest BCUT2D eigenvalue weighted by atomic mass is 10.1. The van der Waals surface area contributed by atoms with E-state index in [-0.39, 0.29) is 5.91 Å². The van der Waals surface area contributed by atoms with E-state index < -0.39 is 0 Å². The van der Waals surface area contributed by atoms with Crippen molar-refractivity contribution < 1.29 is 4.79 Å². The number of rotatable bonds is 4. The van der Waals surface area contributed by atoms with E-state index in [0.717, 1.165) is 16.6 Å². The second-order valence-corrected chi connectivity index (χ2v) is 5.65. The van der Waals surface area contributed by atoms with Crippen molar-refractivity contribution in [3.63, 3.8) is 0 Å². The third kappa shape index (κ3) is 3.14. The fourth-order valence-electron chi connectivity index (χ4n) is 1.85. The first-order chi connectivity index (χ1) is 8.61. The second kappa shape index (κ2) is 5.58. The second-order valence-electron chi connectivity index (χ2n) is 4.80. The Morgan fingerprint density at radius 3 is 2.83 bits per heavy atom. The predicted octanol–water partition coefficient (Wildman–Crippen LogP) is 3.24. The summed E-state index contributed by atoms with van der Waals surface area (Å²) in [5.74, 6) is 3.25. The first-order valence-electron chi connectivity index (χ1n) is 6.10. The van der Waals surface area contributed by atoms with Crippen molar-refractivity contribution in [3.05, 3.63) is 33.8 Å². The number of hydrogen-bond acceptors (Lipinski definition) is 1. The largest absolute Gasteiger partial charge is 0.327 e. The number of aryl methyl sites for hydroxylation is 1. The molecule has 0 spiro atoms. The van der Waals surface area contributed by atoms with Gasteiger partial charge in [-0.2, -0.15) is 0 Å². The molecule has 0 unspecified atom stereocenters. The van der Waals surface area contributed by atoms with E-state index in [1.165, 1.54) is 12.8 Å². The van der Waals surface area contributed by atoms with Gasteiger partial charge in [0.25, 0.3) is 5.91 Å². The van der Waals surface area contributed by atoms with E-state index in [9.17, 15) is 4.79 Å². The van der Waals surface area contributed by atoms with Crippen LogP contribution in [0, 0.1) is 25.2 Å². The van der Waals surface area contributed by atoms with Crippen LogP contribution in [-0.2, 0) is 0 Å². The number of amides is 1. The Hall–Kier alpha value is -1.27. The summed E-state index contributed by atoms with van der Waals surface area (Å²) < 4.78 is 0.959. The molecule has 0 atom stereocenters. The Kier molecular flexibility index (Phi) is 4.08. The fraction of sp³-hybridized carbons (Fsp3) is 0.400. The standard InChI is InChI=1S/C15H16BrNO/c1-3-8-17(10-12-5-6-12)15(18)13-7-4-11(2)14(16)9-13/h1,4,7,9,12H,5-6,8,10H2,2H3. The number of hydrogen-bond donors (Lipinski definition) is 0. The molecule has 3 heteroatoms. The maximum atomic E-state index is 12.4. The molecule has 1 saturated carbocycles. The summed E-state index contributed by atoms with van der Waals surface area (Å²) in [6.45, 7) is 3.18. The molecule has 1 aliphatic rings. The van der Waals surface area contributed by atoms with Gasteiger partial charge in [-0.05, 0) is 43.4 Å². The Morgan fingerprint density at radius 2 is 2.28 bits per heavy atom. The highest BCUT2D eigenvalue weighted by Crippen LogP contribution is 2.30. The van der Waals surface area contributed by atoms with Crippen molar-refractivity contribution in [2.75, 3.05) is 13.1 Å². The Balaban J connectivity index is 2.15. The molecule has 1 fully saturated rings. The van der Waals surface area contributed by atoms with Crippen LogP contribution in [0.25, 0.3) is 0 Å². The van der Waals surface area contributed by atoms with Crippen molar-refractivity contribution in [1.82, 2.24) is 4.90 Å². The average molecular weight is 306 g/mol. The van der Waals surface area contributed by atoms with Gasteiger partial charge >= 0.3 is 0 Å². The van der Waals surface area contributed by atoms with E-state index >= 15 is 0 Å². The van der Waals surface area contributed by atoms with Gasteiger partial charge in [0.15, 0.2) is 0 Å². The van der Waals surface area contributed by atoms with Crippen LogP contribution >= 0.6 is 15.9 Å². The zero-order chi connectivity index (χ0) is 13.1. The summed E-state index contributed by atoms with van der Waals surface area (Å²) in [7, 11) is 0. The number of nitrogens with zero attached hydrogens (tertiary/aromatic N) is 1. The average Bonchev–Trinajstić information content (AvgIpc) is 3.15. The molecular formula is C15H16BrNO. The molecule has 0 heterocycles. The van der Waals surface area contributed by atoms with Crippen LogP contribution in [0.1, 0.15) is 28.8 Å². The Labute approximate surface area is 116 Å². The number of halogens is 1. The highest BCUT2D eigenvalue weighted by Gasteiger charge is 2.26. The molecule has 1 aliphatic carbocycles. The maximum absolute atomic E-state index is 12.4. The lowest BCUT2D eigenvalue weighted by Gasteiger charge is -2.20. The molecule has 0 saturated heterocycles. The molecule has 0 aromatic heterocycles. The minimum absolute atomic E-state index is 0.0283. The number of carbonyl (C=O) groups excluding carboxylic acids is 1. The summed E-state index contributed by atoms with van der Waals surface area (Å²) in [4.78, 5) is 14.1. The highest BCUT2D eigenvalue weighted by molar-refractivity contribution is 9.10. The van der Waals surface area contributed by atoms with Crippen molar-refractivity contribution in [1.29, 1.82) is 0 Å². The fourth-order valence-corrected chi connectivity index (χ4v) is 2.23. The van der Waals surface area contributed by atoms with Gasteiger partial charge in [0, 0.05) is 16.6 Å². The van der Waals surface area contributed by atoms with Crippen LogP contribution in [0.4, 0.5) is 0 Å². The first kappa shape index (κ1) is 13.2. The molecule has 2 rings (SSSR count). The van der Waals surface area contributed by atoms with Gasteiger partial charge in [-0.1, -0.05) is 27.9 Å². The summed E-state index contributed by atoms with van der Waals surface area (Å²) in [6, 6.07) is 5.68. The maximum Gasteiger partial charge on any atom is 0.254 e. The van der Waals surface area contributed by atoms with E-state index in [2.05, 4.69) is 21.9 Å². The zero-order valence-electron chi connectivity index (χ0n) is 10.4. The van der Waals surface area contributed by atoms with E-state index in [0.29, 0.717) is 18.0 Å². The Morgan fingerprint density at radius 1 is 1.56 bits per heavy atom. The number of carbonyl (C=O) groups is 1. The molecule has 1 aromatic carbocycles. The third-order valence-electron chi connectivity index (χ3n) is 3.16. The summed E-state index contributed by atoms with van der Waals surface area (Å²) in [5, 5.41) is 0. The summed E-state index contributed by atoms with van der Waals surface area (Å²) in [6.07, 6.45) is 7.77. The third-order valence-corrected chi connectivity index (χ3v) is 4.02. The van der Waals surface area contributed by atoms with Gasteiger partial charge in [0.2, 0.25) is 0 Å². The van der Waals surface area contributed by atoms with Gasteiger partial charge in [0.1, 0.15) is 0 Å². The minimum atomic E-state index is 0.0283. The van der Waals surface area contributed by atoms with Crippen molar-refractivity contribution in [2.45, 2.75) is 19.8 Å². The first-order valence-corrected chi connectivity index (χ1v) is 6.90. The van der Waals surface area contributed by atoms with Crippen LogP contribution in [-0.4, -0.2) is 23.9 Å². The molecule has 0 radical (unpaired) electrons. The van der Waals surface area contributed by atoms with Crippen molar-refractivity contribution in [2.24, 2.45) is 5.92 Å².